The predicted octanol–water partition coefficient (Wildman–Crippen LogP) is 2.21. The summed E-state index contributed by atoms with van der Waals surface area (Å²) in [5.74, 6) is 0. The maximum absolute atomic E-state index is 12.7. The second kappa shape index (κ2) is 7.16. The molecule has 1 aromatic carbocycles. The summed E-state index contributed by atoms with van der Waals surface area (Å²) in [6, 6.07) is 13.8. The smallest absolute Gasteiger partial charge is 0.244 e. The summed E-state index contributed by atoms with van der Waals surface area (Å²) in [5.41, 5.74) is 1.00. The third-order valence-corrected chi connectivity index (χ3v) is 5.35. The van der Waals surface area contributed by atoms with Crippen LogP contribution < -0.4 is 0 Å². The second-order valence-corrected chi connectivity index (χ2v) is 6.58. The van der Waals surface area contributed by atoms with Crippen molar-refractivity contribution in [3.8, 4) is 6.07 Å². The summed E-state index contributed by atoms with van der Waals surface area (Å²) < 4.78 is 26.8. The number of likely N-dealkylation sites (N-methyl/N-ethyl adjacent to an activating group) is 1. The fraction of sp³-hybridized carbons (Fsp3) is 0.250. The van der Waals surface area contributed by atoms with Gasteiger partial charge in [-0.25, -0.2) is 8.42 Å². The minimum absolute atomic E-state index is 0.0559. The standard InChI is InChI=1S/C16H17N3O2S/c1-2-19(12-10-15-8-5-6-11-18-15)22(20,21)16-9-4-3-7-14(16)13-17/h3-9,11H,2,10,12H2,1H3. The van der Waals surface area contributed by atoms with Crippen molar-refractivity contribution in [2.75, 3.05) is 13.1 Å². The molecule has 0 radical (unpaired) electrons. The second-order valence-electron chi connectivity index (χ2n) is 4.68. The van der Waals surface area contributed by atoms with Gasteiger partial charge < -0.3 is 0 Å². The van der Waals surface area contributed by atoms with Gasteiger partial charge >= 0.3 is 0 Å². The van der Waals surface area contributed by atoms with Gasteiger partial charge in [0.2, 0.25) is 10.0 Å². The molecule has 0 aliphatic rings. The highest BCUT2D eigenvalue weighted by Crippen LogP contribution is 2.19. The highest BCUT2D eigenvalue weighted by atomic mass is 32.2. The Labute approximate surface area is 130 Å². The fourth-order valence-corrected chi connectivity index (χ4v) is 3.75. The Morgan fingerprint density at radius 2 is 1.91 bits per heavy atom. The molecule has 1 aromatic heterocycles. The molecule has 0 amide bonds. The van der Waals surface area contributed by atoms with E-state index in [0.717, 1.165) is 5.69 Å². The van der Waals surface area contributed by atoms with Crippen LogP contribution in [0, 0.1) is 11.3 Å². The lowest BCUT2D eigenvalue weighted by Gasteiger charge is -2.20. The van der Waals surface area contributed by atoms with Crippen LogP contribution in [0.5, 0.6) is 0 Å². The molecule has 22 heavy (non-hydrogen) atoms. The molecule has 0 aliphatic carbocycles. The molecule has 0 saturated heterocycles. The molecule has 0 fully saturated rings. The van der Waals surface area contributed by atoms with Crippen molar-refractivity contribution in [2.24, 2.45) is 0 Å². The molecule has 0 bridgehead atoms. The third-order valence-electron chi connectivity index (χ3n) is 3.32. The number of sulfonamides is 1. The summed E-state index contributed by atoms with van der Waals surface area (Å²) in [5, 5.41) is 9.10. The van der Waals surface area contributed by atoms with Gasteiger partial charge in [-0.15, -0.1) is 0 Å². The van der Waals surface area contributed by atoms with Crippen molar-refractivity contribution in [1.29, 1.82) is 5.26 Å². The molecule has 0 N–H and O–H groups in total. The number of hydrogen-bond acceptors (Lipinski definition) is 4. The van der Waals surface area contributed by atoms with Gasteiger partial charge in [0.1, 0.15) is 6.07 Å². The highest BCUT2D eigenvalue weighted by Gasteiger charge is 2.25. The van der Waals surface area contributed by atoms with Crippen molar-refractivity contribution < 1.29 is 8.42 Å². The Kier molecular flexibility index (Phi) is 5.26. The Morgan fingerprint density at radius 1 is 1.18 bits per heavy atom. The van der Waals surface area contributed by atoms with Crippen LogP contribution in [0.2, 0.25) is 0 Å². The number of aromatic nitrogens is 1. The van der Waals surface area contributed by atoms with Crippen molar-refractivity contribution in [1.82, 2.24) is 9.29 Å². The summed E-state index contributed by atoms with van der Waals surface area (Å²) in [4.78, 5) is 4.26. The largest absolute Gasteiger partial charge is 0.261 e. The first kappa shape index (κ1) is 16.1. The number of pyridine rings is 1. The van der Waals surface area contributed by atoms with E-state index in [1.54, 1.807) is 25.3 Å². The van der Waals surface area contributed by atoms with E-state index in [2.05, 4.69) is 4.98 Å². The van der Waals surface area contributed by atoms with Crippen molar-refractivity contribution in [3.05, 3.63) is 59.9 Å². The van der Waals surface area contributed by atoms with Gasteiger partial charge in [0.15, 0.2) is 0 Å². The average Bonchev–Trinajstić information content (AvgIpc) is 2.56. The summed E-state index contributed by atoms with van der Waals surface area (Å²) >= 11 is 0. The van der Waals surface area contributed by atoms with Crippen LogP contribution in [0.3, 0.4) is 0 Å². The minimum atomic E-state index is -3.68. The van der Waals surface area contributed by atoms with E-state index < -0.39 is 10.0 Å². The van der Waals surface area contributed by atoms with E-state index in [4.69, 9.17) is 5.26 Å². The molecule has 0 saturated carbocycles. The zero-order chi connectivity index (χ0) is 16.0. The number of hydrogen-bond donors (Lipinski definition) is 0. The number of nitrogens with zero attached hydrogens (tertiary/aromatic N) is 3. The van der Waals surface area contributed by atoms with Crippen LogP contribution in [-0.2, 0) is 16.4 Å². The van der Waals surface area contributed by atoms with Gasteiger partial charge in [0.05, 0.1) is 10.5 Å². The van der Waals surface area contributed by atoms with Crippen molar-refractivity contribution in [3.63, 3.8) is 0 Å². The SMILES string of the molecule is CCN(CCc1ccccn1)S(=O)(=O)c1ccccc1C#N. The monoisotopic (exact) mass is 315 g/mol. The van der Waals surface area contributed by atoms with E-state index in [1.165, 1.54) is 16.4 Å². The predicted molar refractivity (Wildman–Crippen MR) is 83.5 cm³/mol. The molecule has 2 aromatic rings. The molecule has 0 aliphatic heterocycles. The zero-order valence-electron chi connectivity index (χ0n) is 12.3. The summed E-state index contributed by atoms with van der Waals surface area (Å²) in [7, 11) is -3.68. The molecule has 0 atom stereocenters. The van der Waals surface area contributed by atoms with E-state index in [0.29, 0.717) is 19.5 Å². The van der Waals surface area contributed by atoms with Crippen LogP contribution in [0.25, 0.3) is 0 Å². The third kappa shape index (κ3) is 3.50. The number of rotatable bonds is 6. The summed E-state index contributed by atoms with van der Waals surface area (Å²) in [6.45, 7) is 2.45. The van der Waals surface area contributed by atoms with E-state index in [9.17, 15) is 8.42 Å². The maximum Gasteiger partial charge on any atom is 0.244 e. The van der Waals surface area contributed by atoms with E-state index in [-0.39, 0.29) is 10.5 Å². The van der Waals surface area contributed by atoms with Crippen LogP contribution >= 0.6 is 0 Å². The van der Waals surface area contributed by atoms with Gasteiger partial charge in [-0.2, -0.15) is 9.57 Å². The minimum Gasteiger partial charge on any atom is -0.261 e. The quantitative estimate of drug-likeness (QED) is 0.819. The average molecular weight is 315 g/mol. The van der Waals surface area contributed by atoms with Crippen LogP contribution in [-0.4, -0.2) is 30.8 Å². The lowest BCUT2D eigenvalue weighted by atomic mass is 10.2. The maximum atomic E-state index is 12.7. The van der Waals surface area contributed by atoms with Crippen LogP contribution in [0.4, 0.5) is 0 Å². The molecule has 0 spiro atoms. The number of benzene rings is 1. The molecule has 6 heteroatoms. The highest BCUT2D eigenvalue weighted by molar-refractivity contribution is 7.89. The fourth-order valence-electron chi connectivity index (χ4n) is 2.16. The normalized spacial score (nSPS) is 11.3. The van der Waals surface area contributed by atoms with E-state index in [1.807, 2.05) is 24.3 Å². The Morgan fingerprint density at radius 3 is 2.55 bits per heavy atom. The molecule has 0 unspecified atom stereocenters. The molecular weight excluding hydrogens is 298 g/mol. The van der Waals surface area contributed by atoms with Gasteiger partial charge in [-0.05, 0) is 24.3 Å². The van der Waals surface area contributed by atoms with Gasteiger partial charge in [-0.1, -0.05) is 25.1 Å². The zero-order valence-corrected chi connectivity index (χ0v) is 13.1. The summed E-state index contributed by atoms with van der Waals surface area (Å²) in [6.07, 6.45) is 2.22. The van der Waals surface area contributed by atoms with E-state index >= 15 is 0 Å². The Hall–Kier alpha value is -2.23. The van der Waals surface area contributed by atoms with Gasteiger partial charge in [0, 0.05) is 31.4 Å². The lowest BCUT2D eigenvalue weighted by Crippen LogP contribution is -2.33. The first-order valence-corrected chi connectivity index (χ1v) is 8.42. The first-order valence-electron chi connectivity index (χ1n) is 6.98. The number of nitriles is 1. The van der Waals surface area contributed by atoms with Gasteiger partial charge in [0.25, 0.3) is 0 Å². The molecule has 114 valence electrons. The molecule has 2 rings (SSSR count). The molecule has 5 nitrogen and oxygen atoms in total. The van der Waals surface area contributed by atoms with Crippen LogP contribution in [0.15, 0.2) is 53.6 Å². The first-order chi connectivity index (χ1) is 10.6. The lowest BCUT2D eigenvalue weighted by molar-refractivity contribution is 0.429. The Bertz CT molecular complexity index is 767. The van der Waals surface area contributed by atoms with Gasteiger partial charge in [-0.3, -0.25) is 4.98 Å². The molecular formula is C16H17N3O2S. The Balaban J connectivity index is 2.24. The van der Waals surface area contributed by atoms with Crippen molar-refractivity contribution in [2.45, 2.75) is 18.2 Å². The molecule has 1 heterocycles. The van der Waals surface area contributed by atoms with Crippen molar-refractivity contribution >= 4 is 10.0 Å². The van der Waals surface area contributed by atoms with Crippen LogP contribution in [0.1, 0.15) is 18.2 Å². The topological polar surface area (TPSA) is 74.1 Å².